The molecule has 1 aromatic carbocycles. The first kappa shape index (κ1) is 15.8. The number of aliphatic carboxylic acids is 1. The summed E-state index contributed by atoms with van der Waals surface area (Å²) in [5, 5.41) is 13.7. The van der Waals surface area contributed by atoms with Gasteiger partial charge in [0.1, 0.15) is 0 Å². The Balaban J connectivity index is 2.27. The lowest BCUT2D eigenvalue weighted by Gasteiger charge is -2.08. The highest BCUT2D eigenvalue weighted by Crippen LogP contribution is 2.17. The summed E-state index contributed by atoms with van der Waals surface area (Å²) < 4.78 is 0. The van der Waals surface area contributed by atoms with Crippen LogP contribution in [-0.4, -0.2) is 30.8 Å². The highest BCUT2D eigenvalue weighted by molar-refractivity contribution is 5.89. The summed E-state index contributed by atoms with van der Waals surface area (Å²) in [6, 6.07) is 6.39. The number of benzene rings is 1. The Labute approximate surface area is 116 Å². The summed E-state index contributed by atoms with van der Waals surface area (Å²) in [7, 11) is 1.39. The van der Waals surface area contributed by atoms with Crippen molar-refractivity contribution in [1.82, 2.24) is 5.32 Å². The number of hydrogen-bond acceptors (Lipinski definition) is 4. The van der Waals surface area contributed by atoms with Gasteiger partial charge in [-0.25, -0.2) is 4.79 Å². The lowest BCUT2D eigenvalue weighted by atomic mass is 10.2. The SMILES string of the molecule is COOc1cccc(NC(=O)NCCCCC(=O)O)c1. The molecule has 0 heterocycles. The van der Waals surface area contributed by atoms with Crippen LogP contribution < -0.4 is 15.5 Å². The molecular formula is C13H18N2O5. The van der Waals surface area contributed by atoms with Crippen molar-refractivity contribution >= 4 is 17.7 Å². The summed E-state index contributed by atoms with van der Waals surface area (Å²) in [6.07, 6.45) is 1.26. The van der Waals surface area contributed by atoms with Crippen LogP contribution in [0.2, 0.25) is 0 Å². The van der Waals surface area contributed by atoms with Gasteiger partial charge in [-0.1, -0.05) is 6.07 Å². The summed E-state index contributed by atoms with van der Waals surface area (Å²) in [6.45, 7) is 0.424. The maximum absolute atomic E-state index is 11.6. The third kappa shape index (κ3) is 6.60. The second-order valence-electron chi connectivity index (χ2n) is 4.01. The van der Waals surface area contributed by atoms with Crippen molar-refractivity contribution in [3.05, 3.63) is 24.3 Å². The van der Waals surface area contributed by atoms with E-state index in [4.69, 9.17) is 9.99 Å². The van der Waals surface area contributed by atoms with Gasteiger partial charge in [-0.2, -0.15) is 4.89 Å². The molecule has 0 aliphatic rings. The molecule has 1 rings (SSSR count). The largest absolute Gasteiger partial charge is 0.481 e. The maximum atomic E-state index is 11.6. The zero-order chi connectivity index (χ0) is 14.8. The van der Waals surface area contributed by atoms with Crippen LogP contribution in [0.25, 0.3) is 0 Å². The molecule has 2 amide bonds. The number of carbonyl (C=O) groups is 2. The van der Waals surface area contributed by atoms with E-state index in [-0.39, 0.29) is 12.5 Å². The molecule has 7 nitrogen and oxygen atoms in total. The van der Waals surface area contributed by atoms with Gasteiger partial charge in [0.25, 0.3) is 0 Å². The molecule has 0 atom stereocenters. The van der Waals surface area contributed by atoms with E-state index in [0.717, 1.165) is 0 Å². The number of urea groups is 1. The number of rotatable bonds is 8. The Morgan fingerprint density at radius 3 is 2.80 bits per heavy atom. The Kier molecular flexibility index (Phi) is 6.91. The standard InChI is InChI=1S/C13H18N2O5/c1-19-20-11-6-4-5-10(9-11)15-13(18)14-8-3-2-7-12(16)17/h4-6,9H,2-3,7-8H2,1H3,(H,16,17)(H2,14,15,18). The van der Waals surface area contributed by atoms with Crippen LogP contribution in [0, 0.1) is 0 Å². The summed E-state index contributed by atoms with van der Waals surface area (Å²) in [5.74, 6) is -0.351. The summed E-state index contributed by atoms with van der Waals surface area (Å²) in [5.41, 5.74) is 0.572. The average molecular weight is 282 g/mol. The fourth-order valence-electron chi connectivity index (χ4n) is 1.50. The number of nitrogens with one attached hydrogen (secondary N) is 2. The van der Waals surface area contributed by atoms with Crippen molar-refractivity contribution in [2.24, 2.45) is 0 Å². The molecule has 0 aliphatic carbocycles. The van der Waals surface area contributed by atoms with E-state index in [2.05, 4.69) is 15.5 Å². The van der Waals surface area contributed by atoms with Crippen LogP contribution in [0.1, 0.15) is 19.3 Å². The Bertz CT molecular complexity index is 450. The molecule has 20 heavy (non-hydrogen) atoms. The topological polar surface area (TPSA) is 96.9 Å². The minimum Gasteiger partial charge on any atom is -0.481 e. The molecule has 0 saturated carbocycles. The molecule has 0 spiro atoms. The van der Waals surface area contributed by atoms with Gasteiger partial charge in [0.05, 0.1) is 7.11 Å². The summed E-state index contributed by atoms with van der Waals surface area (Å²) >= 11 is 0. The molecule has 0 saturated heterocycles. The van der Waals surface area contributed by atoms with E-state index in [1.54, 1.807) is 24.3 Å². The molecule has 0 unspecified atom stereocenters. The minimum absolute atomic E-state index is 0.111. The van der Waals surface area contributed by atoms with Gasteiger partial charge < -0.3 is 20.6 Å². The Hall–Kier alpha value is -2.28. The second-order valence-corrected chi connectivity index (χ2v) is 4.01. The van der Waals surface area contributed by atoms with Crippen molar-refractivity contribution < 1.29 is 24.5 Å². The van der Waals surface area contributed by atoms with Gasteiger partial charge in [0.15, 0.2) is 5.75 Å². The van der Waals surface area contributed by atoms with Gasteiger partial charge in [0.2, 0.25) is 0 Å². The van der Waals surface area contributed by atoms with Crippen LogP contribution >= 0.6 is 0 Å². The molecule has 110 valence electrons. The van der Waals surface area contributed by atoms with E-state index in [1.165, 1.54) is 7.11 Å². The van der Waals surface area contributed by atoms with Crippen LogP contribution in [0.4, 0.5) is 10.5 Å². The molecule has 0 fully saturated rings. The lowest BCUT2D eigenvalue weighted by Crippen LogP contribution is -2.29. The first-order valence-corrected chi connectivity index (χ1v) is 6.19. The zero-order valence-corrected chi connectivity index (χ0v) is 11.2. The molecule has 7 heteroatoms. The molecule has 3 N–H and O–H groups in total. The normalized spacial score (nSPS) is 9.85. The molecule has 1 aromatic rings. The van der Waals surface area contributed by atoms with Gasteiger partial charge in [0, 0.05) is 24.7 Å². The quantitative estimate of drug-likeness (QED) is 0.385. The number of carbonyl (C=O) groups excluding carboxylic acids is 1. The molecule has 0 aliphatic heterocycles. The number of hydrogen-bond donors (Lipinski definition) is 3. The van der Waals surface area contributed by atoms with E-state index in [9.17, 15) is 9.59 Å². The lowest BCUT2D eigenvalue weighted by molar-refractivity contribution is -0.178. The van der Waals surface area contributed by atoms with Crippen LogP contribution in [0.5, 0.6) is 5.75 Å². The Morgan fingerprint density at radius 1 is 1.30 bits per heavy atom. The molecular weight excluding hydrogens is 264 g/mol. The third-order valence-corrected chi connectivity index (χ3v) is 2.37. The van der Waals surface area contributed by atoms with Gasteiger partial charge >= 0.3 is 12.0 Å². The van der Waals surface area contributed by atoms with Crippen molar-refractivity contribution in [1.29, 1.82) is 0 Å². The van der Waals surface area contributed by atoms with E-state index in [1.807, 2.05) is 0 Å². The zero-order valence-electron chi connectivity index (χ0n) is 11.2. The van der Waals surface area contributed by atoms with E-state index in [0.29, 0.717) is 30.8 Å². The van der Waals surface area contributed by atoms with Crippen molar-refractivity contribution in [2.75, 3.05) is 19.0 Å². The average Bonchev–Trinajstić information content (AvgIpc) is 2.38. The summed E-state index contributed by atoms with van der Waals surface area (Å²) in [4.78, 5) is 31.2. The monoisotopic (exact) mass is 282 g/mol. The van der Waals surface area contributed by atoms with Gasteiger partial charge in [-0.05, 0) is 25.0 Å². The van der Waals surface area contributed by atoms with Crippen LogP contribution in [-0.2, 0) is 9.68 Å². The number of unbranched alkanes of at least 4 members (excludes halogenated alkanes) is 1. The smallest absolute Gasteiger partial charge is 0.319 e. The highest BCUT2D eigenvalue weighted by atomic mass is 17.2. The third-order valence-electron chi connectivity index (χ3n) is 2.37. The predicted octanol–water partition coefficient (Wildman–Crippen LogP) is 2.00. The van der Waals surface area contributed by atoms with Gasteiger partial charge in [-0.15, -0.1) is 0 Å². The van der Waals surface area contributed by atoms with E-state index < -0.39 is 5.97 Å². The first-order valence-electron chi connectivity index (χ1n) is 6.19. The van der Waals surface area contributed by atoms with Crippen molar-refractivity contribution in [3.63, 3.8) is 0 Å². The fraction of sp³-hybridized carbons (Fsp3) is 0.385. The highest BCUT2D eigenvalue weighted by Gasteiger charge is 2.03. The minimum atomic E-state index is -0.829. The molecule has 0 radical (unpaired) electrons. The predicted molar refractivity (Wildman–Crippen MR) is 72.6 cm³/mol. The van der Waals surface area contributed by atoms with Gasteiger partial charge in [-0.3, -0.25) is 4.79 Å². The van der Waals surface area contributed by atoms with Crippen molar-refractivity contribution in [2.45, 2.75) is 19.3 Å². The number of anilines is 1. The van der Waals surface area contributed by atoms with Crippen LogP contribution in [0.3, 0.4) is 0 Å². The van der Waals surface area contributed by atoms with Crippen LogP contribution in [0.15, 0.2) is 24.3 Å². The fourth-order valence-corrected chi connectivity index (χ4v) is 1.50. The second kappa shape index (κ2) is 8.76. The molecule has 0 bridgehead atoms. The van der Waals surface area contributed by atoms with E-state index >= 15 is 0 Å². The van der Waals surface area contributed by atoms with Crippen molar-refractivity contribution in [3.8, 4) is 5.75 Å². The number of carboxylic acid groups (broad SMARTS) is 1. The number of amides is 2. The first-order chi connectivity index (χ1) is 9.61. The molecule has 0 aromatic heterocycles. The Morgan fingerprint density at radius 2 is 2.10 bits per heavy atom. The number of carboxylic acids is 1. The maximum Gasteiger partial charge on any atom is 0.319 e.